The van der Waals surface area contributed by atoms with Crippen LogP contribution in [-0.4, -0.2) is 80.7 Å². The van der Waals surface area contributed by atoms with Crippen molar-refractivity contribution in [2.24, 2.45) is 11.3 Å². The highest BCUT2D eigenvalue weighted by Crippen LogP contribution is 2.58. The fourth-order valence-corrected chi connectivity index (χ4v) is 9.04. The first-order valence-corrected chi connectivity index (χ1v) is 18.8. The van der Waals surface area contributed by atoms with Crippen molar-refractivity contribution >= 4 is 17.8 Å². The number of fused-ring (bicyclic) bond motifs is 3. The van der Waals surface area contributed by atoms with Crippen LogP contribution < -0.4 is 9.64 Å². The molecular weight excluding hydrogens is 644 g/mol. The molecule has 274 valence electrons. The molecule has 51 heavy (non-hydrogen) atoms. The summed E-state index contributed by atoms with van der Waals surface area (Å²) < 4.78 is 13.4. The smallest absolute Gasteiger partial charge is 0.410 e. The van der Waals surface area contributed by atoms with E-state index in [1.165, 1.54) is 21.6 Å². The number of carbonyl (C=O) groups is 2. The van der Waals surface area contributed by atoms with E-state index in [0.29, 0.717) is 56.8 Å². The van der Waals surface area contributed by atoms with E-state index in [2.05, 4.69) is 56.8 Å². The topological polar surface area (TPSA) is 123 Å². The summed E-state index contributed by atoms with van der Waals surface area (Å²) in [7, 11) is 1.75. The van der Waals surface area contributed by atoms with Crippen molar-refractivity contribution in [2.75, 3.05) is 31.6 Å². The minimum absolute atomic E-state index is 0.0112. The molecule has 1 aliphatic heterocycles. The van der Waals surface area contributed by atoms with Gasteiger partial charge in [-0.15, -0.1) is 0 Å². The summed E-state index contributed by atoms with van der Waals surface area (Å²) in [5.41, 5.74) is 5.37. The molecule has 5 fully saturated rings. The van der Waals surface area contributed by atoms with Crippen LogP contribution in [0, 0.1) is 25.2 Å². The molecule has 0 spiro atoms. The van der Waals surface area contributed by atoms with Crippen LogP contribution >= 0.6 is 0 Å². The van der Waals surface area contributed by atoms with Crippen molar-refractivity contribution in [3.05, 3.63) is 53.6 Å². The maximum atomic E-state index is 14.7. The lowest BCUT2D eigenvalue weighted by Crippen LogP contribution is -2.54. The van der Waals surface area contributed by atoms with Crippen LogP contribution in [0.4, 0.5) is 10.6 Å². The standard InChI is InChI=1S/C40H54N6O5/c1-26-17-30(18-27(2)35(26)50-6)40-14-11-39(12-15-40,13-16-40)25-45(34-21-41-20-33(43-34)29-19-42-46(22-29)38(3,4)5)36(48)28-7-9-32(10-8-28)51-37(49)44-23-31(47)24-44/h17-22,28,31-32,47H,7-16,23-25H2,1-6H3/t28-,32-,39?,40?. The highest BCUT2D eigenvalue weighted by Gasteiger charge is 2.51. The maximum absolute atomic E-state index is 14.7. The molecule has 3 heterocycles. The Hall–Kier alpha value is -3.99. The van der Waals surface area contributed by atoms with Gasteiger partial charge in [0.05, 0.1) is 56.1 Å². The van der Waals surface area contributed by atoms with Crippen molar-refractivity contribution in [1.82, 2.24) is 24.6 Å². The minimum atomic E-state index is -0.465. The number of aryl methyl sites for hydroxylation is 2. The third-order valence-corrected chi connectivity index (χ3v) is 12.3. The molecular formula is C40H54N6O5. The molecule has 0 radical (unpaired) electrons. The predicted octanol–water partition coefficient (Wildman–Crippen LogP) is 6.72. The second-order valence-corrected chi connectivity index (χ2v) is 16.9. The average molecular weight is 699 g/mol. The molecule has 2 amide bonds. The van der Waals surface area contributed by atoms with E-state index in [1.54, 1.807) is 19.5 Å². The van der Waals surface area contributed by atoms with Gasteiger partial charge in [-0.05, 0) is 126 Å². The van der Waals surface area contributed by atoms with Gasteiger partial charge in [-0.25, -0.2) is 9.78 Å². The first-order chi connectivity index (χ1) is 24.3. The number of methoxy groups -OCH3 is 1. The van der Waals surface area contributed by atoms with Crippen LogP contribution in [0.25, 0.3) is 11.3 Å². The molecule has 0 atom stereocenters. The zero-order valence-electron chi connectivity index (χ0n) is 31.2. The molecule has 8 rings (SSSR count). The first kappa shape index (κ1) is 35.4. The predicted molar refractivity (Wildman–Crippen MR) is 195 cm³/mol. The zero-order valence-corrected chi connectivity index (χ0v) is 31.2. The highest BCUT2D eigenvalue weighted by atomic mass is 16.6. The van der Waals surface area contributed by atoms with Gasteiger partial charge in [-0.3, -0.25) is 19.4 Å². The van der Waals surface area contributed by atoms with E-state index in [-0.39, 0.29) is 40.4 Å². The molecule has 11 nitrogen and oxygen atoms in total. The SMILES string of the molecule is COc1c(C)cc(C23CCC(CN(c4cncc(-c5cnn(C(C)(C)C)c5)n4)C(=O)[C@H]4CC[C@H](OC(=O)N5CC(O)C5)CC4)(CC2)CC3)cc1C. The number of benzene rings is 1. The molecule has 4 aliphatic carbocycles. The van der Waals surface area contributed by atoms with Gasteiger partial charge < -0.3 is 19.5 Å². The van der Waals surface area contributed by atoms with Gasteiger partial charge in [0.1, 0.15) is 11.9 Å². The van der Waals surface area contributed by atoms with E-state index in [9.17, 15) is 14.7 Å². The molecule has 3 aromatic rings. The minimum Gasteiger partial charge on any atom is -0.496 e. The Balaban J connectivity index is 1.11. The van der Waals surface area contributed by atoms with Crippen LogP contribution in [-0.2, 0) is 20.5 Å². The maximum Gasteiger partial charge on any atom is 0.410 e. The quantitative estimate of drug-likeness (QED) is 0.275. The van der Waals surface area contributed by atoms with E-state index in [0.717, 1.165) is 49.8 Å². The second kappa shape index (κ2) is 13.5. The molecule has 1 N–H and O–H groups in total. The lowest BCUT2D eigenvalue weighted by atomic mass is 9.51. The molecule has 1 aromatic carbocycles. The van der Waals surface area contributed by atoms with Gasteiger partial charge in [0, 0.05) is 24.2 Å². The summed E-state index contributed by atoms with van der Waals surface area (Å²) >= 11 is 0. The number of amides is 2. The van der Waals surface area contributed by atoms with E-state index < -0.39 is 6.10 Å². The number of aliphatic hydroxyl groups is 1. The van der Waals surface area contributed by atoms with Gasteiger partial charge in [0.25, 0.3) is 0 Å². The first-order valence-electron chi connectivity index (χ1n) is 18.8. The van der Waals surface area contributed by atoms with Crippen molar-refractivity contribution in [3.8, 4) is 17.0 Å². The number of nitrogens with zero attached hydrogens (tertiary/aromatic N) is 6. The summed E-state index contributed by atoms with van der Waals surface area (Å²) in [6.07, 6.45) is 15.3. The van der Waals surface area contributed by atoms with Crippen molar-refractivity contribution in [3.63, 3.8) is 0 Å². The number of ether oxygens (including phenoxy) is 2. The number of β-amino-alcohol motifs (C(OH)–C–C–N with tert-alkyl or cyclic N) is 1. The Morgan fingerprint density at radius 2 is 1.61 bits per heavy atom. The lowest BCUT2D eigenvalue weighted by molar-refractivity contribution is -0.124. The van der Waals surface area contributed by atoms with Crippen LogP contribution in [0.1, 0.15) is 102 Å². The molecule has 0 unspecified atom stereocenters. The Kier molecular flexibility index (Phi) is 9.39. The fraction of sp³-hybridized carbons (Fsp3) is 0.625. The number of carbonyl (C=O) groups excluding carboxylic acids is 2. The molecule has 4 saturated carbocycles. The average Bonchev–Trinajstić information content (AvgIpc) is 3.62. The number of rotatable bonds is 8. The third kappa shape index (κ3) is 6.98. The summed E-state index contributed by atoms with van der Waals surface area (Å²) in [6.45, 7) is 11.9. The van der Waals surface area contributed by atoms with E-state index >= 15 is 0 Å². The number of hydrogen-bond donors (Lipinski definition) is 1. The van der Waals surface area contributed by atoms with E-state index in [1.807, 2.05) is 22.0 Å². The normalized spacial score (nSPS) is 26.5. The largest absolute Gasteiger partial charge is 0.496 e. The van der Waals surface area contributed by atoms with Crippen molar-refractivity contribution in [2.45, 2.75) is 122 Å². The second-order valence-electron chi connectivity index (χ2n) is 16.9. The highest BCUT2D eigenvalue weighted by molar-refractivity contribution is 5.94. The van der Waals surface area contributed by atoms with Crippen LogP contribution in [0.3, 0.4) is 0 Å². The Bertz CT molecular complexity index is 1720. The molecule has 5 aliphatic rings. The number of hydrogen-bond acceptors (Lipinski definition) is 8. The third-order valence-electron chi connectivity index (χ3n) is 12.3. The lowest BCUT2D eigenvalue weighted by Gasteiger charge is -2.55. The number of aliphatic hydroxyl groups excluding tert-OH is 1. The zero-order chi connectivity index (χ0) is 36.1. The Morgan fingerprint density at radius 3 is 2.18 bits per heavy atom. The number of likely N-dealkylation sites (tertiary alicyclic amines) is 1. The van der Waals surface area contributed by atoms with Gasteiger partial charge in [0.2, 0.25) is 5.91 Å². The van der Waals surface area contributed by atoms with Crippen LogP contribution in [0.2, 0.25) is 0 Å². The summed E-state index contributed by atoms with van der Waals surface area (Å²) in [6, 6.07) is 4.67. The van der Waals surface area contributed by atoms with Crippen LogP contribution in [0.5, 0.6) is 5.75 Å². The van der Waals surface area contributed by atoms with Crippen molar-refractivity contribution < 1.29 is 24.2 Å². The molecule has 11 heteroatoms. The summed E-state index contributed by atoms with van der Waals surface area (Å²) in [5, 5.41) is 14.2. The molecule has 2 aromatic heterocycles. The Labute approximate surface area is 301 Å². The fourth-order valence-electron chi connectivity index (χ4n) is 9.04. The van der Waals surface area contributed by atoms with E-state index in [4.69, 9.17) is 14.5 Å². The summed E-state index contributed by atoms with van der Waals surface area (Å²) in [5.74, 6) is 1.46. The Morgan fingerprint density at radius 1 is 0.961 bits per heavy atom. The van der Waals surface area contributed by atoms with Crippen LogP contribution in [0.15, 0.2) is 36.9 Å². The number of aromatic nitrogens is 4. The summed E-state index contributed by atoms with van der Waals surface area (Å²) in [4.78, 5) is 40.3. The van der Waals surface area contributed by atoms with Gasteiger partial charge in [-0.2, -0.15) is 5.10 Å². The monoisotopic (exact) mass is 698 g/mol. The van der Waals surface area contributed by atoms with Gasteiger partial charge in [0.15, 0.2) is 5.82 Å². The van der Waals surface area contributed by atoms with Gasteiger partial charge >= 0.3 is 6.09 Å². The number of anilines is 1. The molecule has 1 saturated heterocycles. The van der Waals surface area contributed by atoms with Gasteiger partial charge in [-0.1, -0.05) is 12.1 Å². The van der Waals surface area contributed by atoms with Crippen molar-refractivity contribution in [1.29, 1.82) is 0 Å². The molecule has 2 bridgehead atoms.